The molecule has 2 aliphatic heterocycles. The van der Waals surface area contributed by atoms with E-state index >= 15 is 0 Å². The van der Waals surface area contributed by atoms with E-state index in [0.717, 1.165) is 36.2 Å². The van der Waals surface area contributed by atoms with Crippen LogP contribution in [0.15, 0.2) is 72.8 Å². The zero-order valence-corrected chi connectivity index (χ0v) is 29.1. The third-order valence-corrected chi connectivity index (χ3v) is 10.3. The Morgan fingerprint density at radius 1 is 0.898 bits per heavy atom. The van der Waals surface area contributed by atoms with Crippen molar-refractivity contribution in [2.75, 3.05) is 29.5 Å². The van der Waals surface area contributed by atoms with E-state index in [0.29, 0.717) is 59.6 Å². The number of ether oxygens (including phenoxy) is 2. The smallest absolute Gasteiger partial charge is 0.224 e. The summed E-state index contributed by atoms with van der Waals surface area (Å²) in [6.45, 7) is 9.21. The van der Waals surface area contributed by atoms with Crippen LogP contribution in [0.5, 0.6) is 0 Å². The largest absolute Gasteiger partial charge is 0.397 e. The molecule has 1 aliphatic carbocycles. The number of aliphatic hydroxyl groups excluding tert-OH is 1. The van der Waals surface area contributed by atoms with Crippen molar-refractivity contribution in [1.29, 1.82) is 0 Å². The van der Waals surface area contributed by atoms with Crippen molar-refractivity contribution in [2.45, 2.75) is 103 Å². The van der Waals surface area contributed by atoms with Gasteiger partial charge >= 0.3 is 0 Å². The lowest BCUT2D eigenvalue weighted by atomic mass is 9.65. The van der Waals surface area contributed by atoms with Gasteiger partial charge in [-0.1, -0.05) is 69.3 Å². The van der Waals surface area contributed by atoms with Crippen LogP contribution in [0.3, 0.4) is 0 Å². The molecule has 5 N–H and O–H groups in total. The number of anilines is 3. The van der Waals surface area contributed by atoms with Crippen molar-refractivity contribution in [3.05, 3.63) is 89.5 Å². The Hall–Kier alpha value is -3.76. The van der Waals surface area contributed by atoms with E-state index in [1.54, 1.807) is 12.1 Å². The van der Waals surface area contributed by atoms with Gasteiger partial charge in [0.15, 0.2) is 6.29 Å². The SMILES string of the molecule is CC1(C)CC2CC(C)(CN2C[C@@H]2C[C@H](c3ccc(CO)cc3)O[C@H](c3cccc(NC(=O)CCCCC(=O)Nc4ccccc4N)c3)O2)C1. The lowest BCUT2D eigenvalue weighted by molar-refractivity contribution is -0.253. The molecule has 3 aliphatic rings. The molecule has 0 spiro atoms. The number of nitrogens with zero attached hydrogens (tertiary/aromatic N) is 1. The molecule has 9 nitrogen and oxygen atoms in total. The fourth-order valence-corrected chi connectivity index (χ4v) is 8.47. The Morgan fingerprint density at radius 3 is 2.37 bits per heavy atom. The van der Waals surface area contributed by atoms with Gasteiger partial charge in [-0.25, -0.2) is 0 Å². The number of carbonyl (C=O) groups excluding carboxylic acids is 2. The number of aliphatic hydroxyl groups is 1. The number of nitrogens with two attached hydrogens (primary N) is 1. The number of hydrogen-bond acceptors (Lipinski definition) is 7. The first-order valence-electron chi connectivity index (χ1n) is 17.8. The molecule has 3 fully saturated rings. The zero-order valence-electron chi connectivity index (χ0n) is 29.1. The molecule has 1 saturated carbocycles. The summed E-state index contributed by atoms with van der Waals surface area (Å²) in [6.07, 6.45) is 5.45. The third kappa shape index (κ3) is 9.08. The number of unbranched alkanes of at least 4 members (excludes halogenated alkanes) is 1. The van der Waals surface area contributed by atoms with E-state index in [4.69, 9.17) is 15.2 Å². The Kier molecular flexibility index (Phi) is 10.7. The van der Waals surface area contributed by atoms with E-state index in [1.807, 2.05) is 60.7 Å². The van der Waals surface area contributed by atoms with Crippen LogP contribution in [0.25, 0.3) is 0 Å². The Balaban J connectivity index is 1.07. The van der Waals surface area contributed by atoms with Crippen molar-refractivity contribution in [3.8, 4) is 0 Å². The van der Waals surface area contributed by atoms with Gasteiger partial charge in [0.2, 0.25) is 11.8 Å². The van der Waals surface area contributed by atoms with E-state index < -0.39 is 6.29 Å². The van der Waals surface area contributed by atoms with Crippen molar-refractivity contribution in [1.82, 2.24) is 4.90 Å². The summed E-state index contributed by atoms with van der Waals surface area (Å²) in [4.78, 5) is 27.9. The van der Waals surface area contributed by atoms with Crippen LogP contribution in [-0.4, -0.2) is 47.1 Å². The van der Waals surface area contributed by atoms with Gasteiger partial charge in [-0.3, -0.25) is 14.5 Å². The van der Waals surface area contributed by atoms with E-state index in [-0.39, 0.29) is 30.6 Å². The number of fused-ring (bicyclic) bond motifs is 2. The van der Waals surface area contributed by atoms with Crippen LogP contribution in [-0.2, 0) is 25.7 Å². The number of benzene rings is 3. The molecular formula is C40H52N4O5. The van der Waals surface area contributed by atoms with Gasteiger partial charge in [-0.2, -0.15) is 0 Å². The third-order valence-electron chi connectivity index (χ3n) is 10.3. The van der Waals surface area contributed by atoms with Crippen LogP contribution < -0.4 is 16.4 Å². The quantitative estimate of drug-likeness (QED) is 0.118. The maximum atomic E-state index is 12.9. The number of para-hydroxylation sites is 2. The second kappa shape index (κ2) is 15.0. The maximum absolute atomic E-state index is 12.9. The lowest BCUT2D eigenvalue weighted by Gasteiger charge is -2.41. The first kappa shape index (κ1) is 35.1. The van der Waals surface area contributed by atoms with Gasteiger partial charge < -0.3 is 30.9 Å². The minimum absolute atomic E-state index is 0.00326. The van der Waals surface area contributed by atoms with Crippen LogP contribution >= 0.6 is 0 Å². The van der Waals surface area contributed by atoms with E-state index in [1.165, 1.54) is 19.3 Å². The minimum atomic E-state index is -0.593. The molecule has 2 heterocycles. The van der Waals surface area contributed by atoms with Crippen molar-refractivity contribution in [2.24, 2.45) is 10.8 Å². The van der Waals surface area contributed by atoms with Gasteiger partial charge in [0.25, 0.3) is 0 Å². The topological polar surface area (TPSA) is 126 Å². The molecule has 0 radical (unpaired) electrons. The molecular weight excluding hydrogens is 616 g/mol. The number of nitrogen functional groups attached to an aromatic ring is 1. The number of nitrogens with one attached hydrogen (secondary N) is 2. The fourth-order valence-electron chi connectivity index (χ4n) is 8.47. The highest BCUT2D eigenvalue weighted by Gasteiger charge is 2.50. The molecule has 6 rings (SSSR count). The summed E-state index contributed by atoms with van der Waals surface area (Å²) in [5.74, 6) is -0.225. The van der Waals surface area contributed by atoms with Crippen LogP contribution in [0, 0.1) is 10.8 Å². The molecule has 2 bridgehead atoms. The van der Waals surface area contributed by atoms with E-state index in [2.05, 4.69) is 36.3 Å². The van der Waals surface area contributed by atoms with Gasteiger partial charge in [0, 0.05) is 49.6 Å². The van der Waals surface area contributed by atoms with Crippen molar-refractivity contribution >= 4 is 28.9 Å². The average molecular weight is 669 g/mol. The summed E-state index contributed by atoms with van der Waals surface area (Å²) >= 11 is 0. The van der Waals surface area contributed by atoms with Crippen molar-refractivity contribution in [3.63, 3.8) is 0 Å². The zero-order chi connectivity index (χ0) is 34.6. The normalized spacial score (nSPS) is 26.3. The predicted octanol–water partition coefficient (Wildman–Crippen LogP) is 7.34. The van der Waals surface area contributed by atoms with Gasteiger partial charge in [0.1, 0.15) is 0 Å². The Labute approximate surface area is 290 Å². The highest BCUT2D eigenvalue weighted by Crippen LogP contribution is 2.53. The van der Waals surface area contributed by atoms with Gasteiger partial charge in [-0.15, -0.1) is 0 Å². The molecule has 2 saturated heterocycles. The summed E-state index contributed by atoms with van der Waals surface area (Å²) in [5, 5.41) is 15.4. The van der Waals surface area contributed by atoms with Crippen LogP contribution in [0.1, 0.15) is 101 Å². The molecule has 2 amide bonds. The first-order valence-corrected chi connectivity index (χ1v) is 17.8. The van der Waals surface area contributed by atoms with Gasteiger partial charge in [0.05, 0.1) is 30.2 Å². The molecule has 2 unspecified atom stereocenters. The fraction of sp³-hybridized carbons (Fsp3) is 0.500. The Morgan fingerprint density at radius 2 is 1.63 bits per heavy atom. The lowest BCUT2D eigenvalue weighted by Crippen LogP contribution is -2.42. The highest BCUT2D eigenvalue weighted by molar-refractivity contribution is 5.94. The molecule has 0 aromatic heterocycles. The molecule has 9 heteroatoms. The van der Waals surface area contributed by atoms with Crippen LogP contribution in [0.2, 0.25) is 0 Å². The monoisotopic (exact) mass is 668 g/mol. The average Bonchev–Trinajstić information content (AvgIpc) is 3.31. The predicted molar refractivity (Wildman–Crippen MR) is 193 cm³/mol. The second-order valence-electron chi connectivity index (χ2n) is 15.5. The standard InChI is InChI=1S/C40H52N4O5/c1-39(2)21-31-22-40(3,25-39)26-44(31)23-32-20-35(28-17-15-27(24-45)16-18-28)49-38(48-32)29-9-8-10-30(19-29)42-36(46)13-6-7-14-37(47)43-34-12-5-4-11-33(34)41/h4-5,8-12,15-19,31-32,35,38,45H,6-7,13-14,20-26,41H2,1-3H3,(H,42,46)(H,43,47)/t31?,32-,35+,38+,40?/m0/s1. The maximum Gasteiger partial charge on any atom is 0.224 e. The summed E-state index contributed by atoms with van der Waals surface area (Å²) in [5.41, 5.74) is 11.2. The molecule has 5 atom stereocenters. The molecule has 3 aromatic carbocycles. The molecule has 3 aromatic rings. The number of carbonyl (C=O) groups is 2. The number of rotatable bonds is 12. The van der Waals surface area contributed by atoms with Crippen molar-refractivity contribution < 1.29 is 24.2 Å². The van der Waals surface area contributed by atoms with Crippen LogP contribution in [0.4, 0.5) is 17.1 Å². The number of likely N-dealkylation sites (tertiary alicyclic amines) is 1. The first-order chi connectivity index (χ1) is 23.5. The summed E-state index contributed by atoms with van der Waals surface area (Å²) in [6, 6.07) is 23.4. The Bertz CT molecular complexity index is 1610. The van der Waals surface area contributed by atoms with E-state index in [9.17, 15) is 14.7 Å². The second-order valence-corrected chi connectivity index (χ2v) is 15.5. The van der Waals surface area contributed by atoms with Gasteiger partial charge in [-0.05, 0) is 78.3 Å². The number of hydrogen-bond donors (Lipinski definition) is 4. The minimum Gasteiger partial charge on any atom is -0.397 e. The number of amides is 2. The summed E-state index contributed by atoms with van der Waals surface area (Å²) < 4.78 is 13.3. The highest BCUT2D eigenvalue weighted by atomic mass is 16.7. The summed E-state index contributed by atoms with van der Waals surface area (Å²) in [7, 11) is 0. The molecule has 262 valence electrons. The molecule has 49 heavy (non-hydrogen) atoms.